The van der Waals surface area contributed by atoms with Gasteiger partial charge in [0.1, 0.15) is 18.1 Å². The van der Waals surface area contributed by atoms with Gasteiger partial charge >= 0.3 is 6.03 Å². The molecule has 1 fully saturated rings. The van der Waals surface area contributed by atoms with E-state index in [1.165, 1.54) is 0 Å². The Morgan fingerprint density at radius 2 is 1.82 bits per heavy atom. The molecule has 1 aromatic heterocycles. The SMILES string of the molecule is COc1ccc(-c2nc3n(n2)CC(=O)NC2(CCN(C(=O)Nc4ccccc4)CC2)C3)cc1. The predicted octanol–water partition coefficient (Wildman–Crippen LogP) is 2.69. The first kappa shape index (κ1) is 21.0. The van der Waals surface area contributed by atoms with Crippen LogP contribution in [0.4, 0.5) is 10.5 Å². The van der Waals surface area contributed by atoms with Crippen molar-refractivity contribution in [1.29, 1.82) is 0 Å². The van der Waals surface area contributed by atoms with E-state index in [9.17, 15) is 9.59 Å². The Balaban J connectivity index is 1.30. The van der Waals surface area contributed by atoms with Crippen LogP contribution in [0, 0.1) is 0 Å². The molecule has 3 aromatic rings. The number of benzene rings is 2. The molecular formula is C24H26N6O3. The topological polar surface area (TPSA) is 101 Å². The number of rotatable bonds is 3. The van der Waals surface area contributed by atoms with Crippen molar-refractivity contribution in [2.45, 2.75) is 31.3 Å². The molecule has 0 aliphatic carbocycles. The van der Waals surface area contributed by atoms with Crippen LogP contribution in [0.5, 0.6) is 5.75 Å². The summed E-state index contributed by atoms with van der Waals surface area (Å²) in [6.45, 7) is 1.25. The third-order valence-corrected chi connectivity index (χ3v) is 6.32. The number of ether oxygens (including phenoxy) is 1. The first-order valence-corrected chi connectivity index (χ1v) is 11.0. The highest BCUT2D eigenvalue weighted by Crippen LogP contribution is 2.29. The first-order valence-electron chi connectivity index (χ1n) is 11.0. The lowest BCUT2D eigenvalue weighted by Crippen LogP contribution is -2.57. The maximum atomic E-state index is 12.7. The van der Waals surface area contributed by atoms with Crippen molar-refractivity contribution in [3.63, 3.8) is 0 Å². The first-order chi connectivity index (χ1) is 16.0. The Morgan fingerprint density at radius 1 is 1.09 bits per heavy atom. The molecule has 0 saturated carbocycles. The number of urea groups is 1. The zero-order chi connectivity index (χ0) is 22.8. The summed E-state index contributed by atoms with van der Waals surface area (Å²) >= 11 is 0. The summed E-state index contributed by atoms with van der Waals surface area (Å²) in [5, 5.41) is 10.7. The lowest BCUT2D eigenvalue weighted by atomic mass is 9.84. The van der Waals surface area contributed by atoms with Gasteiger partial charge in [-0.05, 0) is 49.2 Å². The number of methoxy groups -OCH3 is 1. The van der Waals surface area contributed by atoms with Crippen molar-refractivity contribution >= 4 is 17.6 Å². The fraction of sp³-hybridized carbons (Fsp3) is 0.333. The van der Waals surface area contributed by atoms with Crippen molar-refractivity contribution in [2.75, 3.05) is 25.5 Å². The minimum Gasteiger partial charge on any atom is -0.497 e. The number of fused-ring (bicyclic) bond motifs is 1. The van der Waals surface area contributed by atoms with E-state index in [4.69, 9.17) is 9.72 Å². The van der Waals surface area contributed by atoms with Crippen LogP contribution in [0.3, 0.4) is 0 Å². The highest BCUT2D eigenvalue weighted by molar-refractivity contribution is 5.89. The number of anilines is 1. The number of piperidine rings is 1. The zero-order valence-corrected chi connectivity index (χ0v) is 18.5. The molecule has 3 heterocycles. The van der Waals surface area contributed by atoms with Gasteiger partial charge in [-0.3, -0.25) is 4.79 Å². The number of carbonyl (C=O) groups excluding carboxylic acids is 2. The lowest BCUT2D eigenvalue weighted by Gasteiger charge is -2.41. The molecule has 2 aliphatic rings. The summed E-state index contributed by atoms with van der Waals surface area (Å²) in [6.07, 6.45) is 1.90. The number of carbonyl (C=O) groups is 2. The van der Waals surface area contributed by atoms with Crippen molar-refractivity contribution in [3.8, 4) is 17.1 Å². The number of nitrogens with zero attached hydrogens (tertiary/aromatic N) is 4. The Hall–Kier alpha value is -3.88. The van der Waals surface area contributed by atoms with Gasteiger partial charge in [0.25, 0.3) is 0 Å². The van der Waals surface area contributed by atoms with Gasteiger partial charge in [0, 0.05) is 30.8 Å². The third-order valence-electron chi connectivity index (χ3n) is 6.32. The molecule has 2 N–H and O–H groups in total. The molecule has 0 unspecified atom stereocenters. The zero-order valence-electron chi connectivity index (χ0n) is 18.5. The van der Waals surface area contributed by atoms with Crippen LogP contribution in [0.2, 0.25) is 0 Å². The normalized spacial score (nSPS) is 17.1. The molecule has 170 valence electrons. The number of likely N-dealkylation sites (tertiary alicyclic amines) is 1. The maximum absolute atomic E-state index is 12.7. The number of amides is 3. The molecule has 0 radical (unpaired) electrons. The van der Waals surface area contributed by atoms with Gasteiger partial charge in [0.15, 0.2) is 5.82 Å². The van der Waals surface area contributed by atoms with Crippen molar-refractivity contribution in [2.24, 2.45) is 0 Å². The van der Waals surface area contributed by atoms with Gasteiger partial charge in [-0.25, -0.2) is 14.5 Å². The fourth-order valence-electron chi connectivity index (χ4n) is 4.48. The summed E-state index contributed by atoms with van der Waals surface area (Å²) in [5.41, 5.74) is 1.21. The molecule has 33 heavy (non-hydrogen) atoms. The van der Waals surface area contributed by atoms with Gasteiger partial charge < -0.3 is 20.3 Å². The fourth-order valence-corrected chi connectivity index (χ4v) is 4.48. The molecular weight excluding hydrogens is 420 g/mol. The largest absolute Gasteiger partial charge is 0.497 e. The molecule has 1 saturated heterocycles. The minimum atomic E-state index is -0.431. The molecule has 1 spiro atoms. The standard InChI is InChI=1S/C24H26N6O3/c1-33-19-9-7-17(8-10-19)22-26-20-15-24(27-21(31)16-30(20)28-22)11-13-29(14-12-24)23(32)25-18-5-3-2-4-6-18/h2-10H,11-16H2,1H3,(H,25,32)(H,27,31). The minimum absolute atomic E-state index is 0.0814. The Bertz CT molecular complexity index is 1150. The van der Waals surface area contributed by atoms with Gasteiger partial charge in [0.2, 0.25) is 5.91 Å². The Kier molecular flexibility index (Phi) is 5.45. The van der Waals surface area contributed by atoms with E-state index >= 15 is 0 Å². The monoisotopic (exact) mass is 446 g/mol. The maximum Gasteiger partial charge on any atom is 0.321 e. The van der Waals surface area contributed by atoms with Crippen LogP contribution in [0.1, 0.15) is 18.7 Å². The van der Waals surface area contributed by atoms with E-state index < -0.39 is 5.54 Å². The number of nitrogens with one attached hydrogen (secondary N) is 2. The Morgan fingerprint density at radius 3 is 2.52 bits per heavy atom. The molecule has 5 rings (SSSR count). The summed E-state index contributed by atoms with van der Waals surface area (Å²) in [7, 11) is 1.63. The molecule has 3 amide bonds. The number of para-hydroxylation sites is 1. The second-order valence-electron chi connectivity index (χ2n) is 8.53. The van der Waals surface area contributed by atoms with Crippen LogP contribution in [0.15, 0.2) is 54.6 Å². The van der Waals surface area contributed by atoms with E-state index in [2.05, 4.69) is 15.7 Å². The third kappa shape index (κ3) is 4.39. The van der Waals surface area contributed by atoms with Crippen LogP contribution in [0.25, 0.3) is 11.4 Å². The van der Waals surface area contributed by atoms with Gasteiger partial charge in [-0.2, -0.15) is 5.10 Å². The quantitative estimate of drug-likeness (QED) is 0.644. The number of hydrogen-bond acceptors (Lipinski definition) is 5. The highest BCUT2D eigenvalue weighted by Gasteiger charge is 2.40. The highest BCUT2D eigenvalue weighted by atomic mass is 16.5. The van der Waals surface area contributed by atoms with E-state index in [0.29, 0.717) is 38.2 Å². The van der Waals surface area contributed by atoms with Crippen LogP contribution in [-0.2, 0) is 17.8 Å². The molecule has 9 heteroatoms. The number of aromatic nitrogens is 3. The molecule has 0 atom stereocenters. The van der Waals surface area contributed by atoms with Crippen molar-refractivity contribution in [1.82, 2.24) is 25.0 Å². The summed E-state index contributed by atoms with van der Waals surface area (Å²) in [5.74, 6) is 2.06. The van der Waals surface area contributed by atoms with Gasteiger partial charge in [-0.1, -0.05) is 18.2 Å². The summed E-state index contributed by atoms with van der Waals surface area (Å²) < 4.78 is 6.91. The second kappa shape index (κ2) is 8.57. The lowest BCUT2D eigenvalue weighted by molar-refractivity contribution is -0.123. The average molecular weight is 447 g/mol. The smallest absolute Gasteiger partial charge is 0.321 e. The van der Waals surface area contributed by atoms with Gasteiger partial charge in [-0.15, -0.1) is 0 Å². The van der Waals surface area contributed by atoms with Crippen LogP contribution in [-0.4, -0.2) is 57.3 Å². The molecule has 0 bridgehead atoms. The second-order valence-corrected chi connectivity index (χ2v) is 8.53. The van der Waals surface area contributed by atoms with E-state index in [1.807, 2.05) is 54.6 Å². The van der Waals surface area contributed by atoms with Crippen molar-refractivity contribution < 1.29 is 14.3 Å². The molecule has 2 aromatic carbocycles. The molecule has 9 nitrogen and oxygen atoms in total. The van der Waals surface area contributed by atoms with E-state index in [-0.39, 0.29) is 18.5 Å². The average Bonchev–Trinajstić information content (AvgIpc) is 3.16. The van der Waals surface area contributed by atoms with Crippen molar-refractivity contribution in [3.05, 3.63) is 60.4 Å². The van der Waals surface area contributed by atoms with Crippen LogP contribution < -0.4 is 15.4 Å². The number of hydrogen-bond donors (Lipinski definition) is 2. The van der Waals surface area contributed by atoms with Crippen LogP contribution >= 0.6 is 0 Å². The Labute approximate surface area is 191 Å². The molecule has 2 aliphatic heterocycles. The van der Waals surface area contributed by atoms with E-state index in [0.717, 1.165) is 22.8 Å². The van der Waals surface area contributed by atoms with E-state index in [1.54, 1.807) is 16.7 Å². The van der Waals surface area contributed by atoms with Gasteiger partial charge in [0.05, 0.1) is 12.6 Å². The predicted molar refractivity (Wildman–Crippen MR) is 123 cm³/mol. The summed E-state index contributed by atoms with van der Waals surface area (Å²) in [4.78, 5) is 31.9. The summed E-state index contributed by atoms with van der Waals surface area (Å²) in [6, 6.07) is 16.8.